The van der Waals surface area contributed by atoms with Gasteiger partial charge < -0.3 is 5.32 Å². The van der Waals surface area contributed by atoms with Crippen LogP contribution in [-0.2, 0) is 6.42 Å². The quantitative estimate of drug-likeness (QED) is 0.810. The highest BCUT2D eigenvalue weighted by Gasteiger charge is 2.01. The van der Waals surface area contributed by atoms with Gasteiger partial charge in [-0.25, -0.2) is 0 Å². The minimum Gasteiger partial charge on any atom is -0.315 e. The molecule has 0 radical (unpaired) electrons. The summed E-state index contributed by atoms with van der Waals surface area (Å²) in [5.41, 5.74) is 4.00. The van der Waals surface area contributed by atoms with Gasteiger partial charge in [-0.2, -0.15) is 0 Å². The van der Waals surface area contributed by atoms with E-state index >= 15 is 0 Å². The minimum atomic E-state index is 0.596. The molecule has 0 aromatic heterocycles. The topological polar surface area (TPSA) is 12.0 Å². The predicted molar refractivity (Wildman–Crippen MR) is 83.3 cm³/mol. The second-order valence-electron chi connectivity index (χ2n) is 5.06. The van der Waals surface area contributed by atoms with Gasteiger partial charge in [0.15, 0.2) is 0 Å². The van der Waals surface area contributed by atoms with Gasteiger partial charge in [0, 0.05) is 6.04 Å². The first-order valence-corrected chi connectivity index (χ1v) is 7.17. The first kappa shape index (κ1) is 13.8. The zero-order valence-corrected chi connectivity index (χ0v) is 11.9. The van der Waals surface area contributed by atoms with Crippen molar-refractivity contribution in [1.82, 2.24) is 5.32 Å². The van der Waals surface area contributed by atoms with Gasteiger partial charge in [0.25, 0.3) is 0 Å². The molecule has 1 unspecified atom stereocenters. The Kier molecular flexibility index (Phi) is 5.17. The van der Waals surface area contributed by atoms with Crippen LogP contribution in [0.15, 0.2) is 54.6 Å². The average Bonchev–Trinajstić information content (AvgIpc) is 2.47. The molecule has 0 aliphatic carbocycles. The molecule has 2 rings (SSSR count). The van der Waals surface area contributed by atoms with Crippen LogP contribution >= 0.6 is 0 Å². The van der Waals surface area contributed by atoms with Crippen LogP contribution in [0.1, 0.15) is 25.8 Å². The van der Waals surface area contributed by atoms with Crippen molar-refractivity contribution in [1.29, 1.82) is 0 Å². The molecule has 0 saturated carbocycles. The van der Waals surface area contributed by atoms with Gasteiger partial charge in [0.1, 0.15) is 0 Å². The Morgan fingerprint density at radius 3 is 2.16 bits per heavy atom. The minimum absolute atomic E-state index is 0.596. The van der Waals surface area contributed by atoms with E-state index in [1.807, 2.05) is 0 Å². The Bertz CT molecular complexity index is 473. The van der Waals surface area contributed by atoms with Gasteiger partial charge in [-0.1, -0.05) is 61.5 Å². The van der Waals surface area contributed by atoms with Crippen LogP contribution in [0.5, 0.6) is 0 Å². The van der Waals surface area contributed by atoms with Gasteiger partial charge >= 0.3 is 0 Å². The molecule has 2 aromatic carbocycles. The molecule has 100 valence electrons. The fourth-order valence-electron chi connectivity index (χ4n) is 2.33. The van der Waals surface area contributed by atoms with Crippen LogP contribution < -0.4 is 5.32 Å². The third kappa shape index (κ3) is 4.22. The lowest BCUT2D eigenvalue weighted by molar-refractivity contribution is 0.531. The van der Waals surface area contributed by atoms with Gasteiger partial charge in [0.2, 0.25) is 0 Å². The summed E-state index contributed by atoms with van der Waals surface area (Å²) >= 11 is 0. The molecular weight excluding hydrogens is 230 g/mol. The number of nitrogens with one attached hydrogen (secondary N) is 1. The van der Waals surface area contributed by atoms with Crippen LogP contribution in [0, 0.1) is 0 Å². The molecule has 0 aliphatic heterocycles. The molecule has 1 nitrogen and oxygen atoms in total. The zero-order valence-electron chi connectivity index (χ0n) is 11.9. The van der Waals surface area contributed by atoms with Crippen LogP contribution in [0.25, 0.3) is 11.1 Å². The SMILES string of the molecule is CCNC(C)CCc1ccc(-c2ccccc2)cc1. The van der Waals surface area contributed by atoms with E-state index in [1.54, 1.807) is 0 Å². The van der Waals surface area contributed by atoms with Crippen molar-refractivity contribution >= 4 is 0 Å². The molecule has 0 fully saturated rings. The van der Waals surface area contributed by atoms with E-state index in [9.17, 15) is 0 Å². The van der Waals surface area contributed by atoms with E-state index in [2.05, 4.69) is 73.8 Å². The van der Waals surface area contributed by atoms with E-state index in [0.717, 1.165) is 13.0 Å². The van der Waals surface area contributed by atoms with Crippen molar-refractivity contribution in [3.8, 4) is 11.1 Å². The van der Waals surface area contributed by atoms with Crippen LogP contribution in [0.3, 0.4) is 0 Å². The summed E-state index contributed by atoms with van der Waals surface area (Å²) in [7, 11) is 0. The molecule has 1 N–H and O–H groups in total. The summed E-state index contributed by atoms with van der Waals surface area (Å²) in [6, 6.07) is 20.1. The molecule has 0 spiro atoms. The second kappa shape index (κ2) is 7.10. The van der Waals surface area contributed by atoms with Gasteiger partial charge in [-0.15, -0.1) is 0 Å². The fraction of sp³-hybridized carbons (Fsp3) is 0.333. The third-order valence-corrected chi connectivity index (χ3v) is 3.48. The van der Waals surface area contributed by atoms with E-state index in [1.165, 1.54) is 23.1 Å². The standard InChI is InChI=1S/C18H23N/c1-3-19-15(2)9-10-16-11-13-18(14-12-16)17-7-5-4-6-8-17/h4-8,11-15,19H,3,9-10H2,1-2H3. The van der Waals surface area contributed by atoms with E-state index in [0.29, 0.717) is 6.04 Å². The largest absolute Gasteiger partial charge is 0.315 e. The number of rotatable bonds is 6. The van der Waals surface area contributed by atoms with Gasteiger partial charge in [-0.05, 0) is 43.0 Å². The predicted octanol–water partition coefficient (Wildman–Crippen LogP) is 4.28. The summed E-state index contributed by atoms with van der Waals surface area (Å²) in [5, 5.41) is 3.45. The van der Waals surface area contributed by atoms with Crippen LogP contribution in [0.4, 0.5) is 0 Å². The van der Waals surface area contributed by atoms with Crippen molar-refractivity contribution in [3.05, 3.63) is 60.2 Å². The maximum absolute atomic E-state index is 3.45. The van der Waals surface area contributed by atoms with Crippen LogP contribution in [-0.4, -0.2) is 12.6 Å². The number of hydrogen-bond donors (Lipinski definition) is 1. The lowest BCUT2D eigenvalue weighted by Gasteiger charge is -2.12. The molecule has 0 bridgehead atoms. The fourth-order valence-corrected chi connectivity index (χ4v) is 2.33. The average molecular weight is 253 g/mol. The Morgan fingerprint density at radius 2 is 1.53 bits per heavy atom. The van der Waals surface area contributed by atoms with E-state index < -0.39 is 0 Å². The molecule has 2 aromatic rings. The number of hydrogen-bond acceptors (Lipinski definition) is 1. The highest BCUT2D eigenvalue weighted by Crippen LogP contribution is 2.19. The molecule has 1 heteroatoms. The second-order valence-corrected chi connectivity index (χ2v) is 5.06. The Morgan fingerprint density at radius 1 is 0.895 bits per heavy atom. The summed E-state index contributed by atoms with van der Waals surface area (Å²) in [6.45, 7) is 5.46. The molecule has 19 heavy (non-hydrogen) atoms. The Balaban J connectivity index is 1.95. The third-order valence-electron chi connectivity index (χ3n) is 3.48. The van der Waals surface area contributed by atoms with Crippen molar-refractivity contribution < 1.29 is 0 Å². The van der Waals surface area contributed by atoms with Crippen LogP contribution in [0.2, 0.25) is 0 Å². The first-order valence-electron chi connectivity index (χ1n) is 7.17. The highest BCUT2D eigenvalue weighted by atomic mass is 14.9. The highest BCUT2D eigenvalue weighted by molar-refractivity contribution is 5.63. The molecule has 1 atom stereocenters. The Hall–Kier alpha value is -1.60. The Labute approximate surface area is 116 Å². The summed E-state index contributed by atoms with van der Waals surface area (Å²) in [5.74, 6) is 0. The van der Waals surface area contributed by atoms with Crippen molar-refractivity contribution in [2.45, 2.75) is 32.7 Å². The smallest absolute Gasteiger partial charge is 0.00417 e. The van der Waals surface area contributed by atoms with Gasteiger partial charge in [0.05, 0.1) is 0 Å². The lowest BCUT2D eigenvalue weighted by Crippen LogP contribution is -2.25. The molecule has 0 saturated heterocycles. The summed E-state index contributed by atoms with van der Waals surface area (Å²) in [6.07, 6.45) is 2.34. The molecule has 0 heterocycles. The monoisotopic (exact) mass is 253 g/mol. The molecule has 0 amide bonds. The van der Waals surface area contributed by atoms with E-state index in [4.69, 9.17) is 0 Å². The van der Waals surface area contributed by atoms with Crippen molar-refractivity contribution in [2.75, 3.05) is 6.54 Å². The number of aryl methyl sites for hydroxylation is 1. The maximum Gasteiger partial charge on any atom is 0.00417 e. The molecular formula is C18H23N. The van der Waals surface area contributed by atoms with E-state index in [-0.39, 0.29) is 0 Å². The van der Waals surface area contributed by atoms with Crippen molar-refractivity contribution in [3.63, 3.8) is 0 Å². The zero-order chi connectivity index (χ0) is 13.5. The normalized spacial score (nSPS) is 12.3. The lowest BCUT2D eigenvalue weighted by atomic mass is 10.0. The van der Waals surface area contributed by atoms with Crippen molar-refractivity contribution in [2.24, 2.45) is 0 Å². The van der Waals surface area contributed by atoms with Gasteiger partial charge in [-0.3, -0.25) is 0 Å². The number of benzene rings is 2. The summed E-state index contributed by atoms with van der Waals surface area (Å²) < 4.78 is 0. The maximum atomic E-state index is 3.45. The molecule has 0 aliphatic rings. The first-order chi connectivity index (χ1) is 9.29. The summed E-state index contributed by atoms with van der Waals surface area (Å²) in [4.78, 5) is 0.